The average molecular weight is 410 g/mol. The van der Waals surface area contributed by atoms with Crippen LogP contribution in [0, 0.1) is 0 Å². The molecule has 0 radical (unpaired) electrons. The Labute approximate surface area is 172 Å². The second-order valence-corrected chi connectivity index (χ2v) is 7.98. The van der Waals surface area contributed by atoms with E-state index in [9.17, 15) is 14.1 Å². The molecule has 2 unspecified atom stereocenters. The number of hydrogen-bond donors (Lipinski definition) is 2. The highest BCUT2D eigenvalue weighted by Gasteiger charge is 2.06. The molecule has 0 aromatic carbocycles. The lowest BCUT2D eigenvalue weighted by atomic mass is 9.93. The zero-order chi connectivity index (χ0) is 20.6. The number of rotatable bonds is 14. The van der Waals surface area contributed by atoms with Gasteiger partial charge in [-0.2, -0.15) is 0 Å². The van der Waals surface area contributed by atoms with E-state index in [0.717, 1.165) is 57.8 Å². The fourth-order valence-electron chi connectivity index (χ4n) is 2.94. The van der Waals surface area contributed by atoms with Crippen LogP contribution in [0.5, 0.6) is 0 Å². The van der Waals surface area contributed by atoms with E-state index in [1.807, 2.05) is 6.08 Å². The van der Waals surface area contributed by atoms with Gasteiger partial charge in [-0.05, 0) is 44.9 Å². The maximum Gasteiger partial charge on any atom is 0.263 e. The van der Waals surface area contributed by atoms with E-state index in [1.54, 1.807) is 0 Å². The number of nitrogens with one attached hydrogen (secondary N) is 1. The molecule has 0 saturated carbocycles. The number of carbonyl (C=O) groups is 1. The molecule has 158 valence electrons. The lowest BCUT2D eigenvalue weighted by Gasteiger charge is -2.13. The van der Waals surface area contributed by atoms with Crippen molar-refractivity contribution >= 4 is 17.2 Å². The fourth-order valence-corrected chi connectivity index (χ4v) is 3.32. The third kappa shape index (κ3) is 12.1. The Morgan fingerprint density at radius 1 is 1.25 bits per heavy atom. The lowest BCUT2D eigenvalue weighted by Crippen LogP contribution is -2.25. The van der Waals surface area contributed by atoms with E-state index in [1.165, 1.54) is 18.3 Å². The first kappa shape index (κ1) is 24.5. The van der Waals surface area contributed by atoms with Gasteiger partial charge in [-0.25, -0.2) is 4.21 Å². The maximum atomic E-state index is 11.5. The summed E-state index contributed by atoms with van der Waals surface area (Å²) < 4.78 is 17.8. The summed E-state index contributed by atoms with van der Waals surface area (Å²) in [4.78, 5) is 11.5. The van der Waals surface area contributed by atoms with Crippen LogP contribution < -0.4 is 4.72 Å². The molecule has 0 saturated heterocycles. The number of aliphatic hydroxyl groups excluding tert-OH is 1. The van der Waals surface area contributed by atoms with Crippen LogP contribution in [-0.2, 0) is 20.2 Å². The van der Waals surface area contributed by atoms with Crippen molar-refractivity contribution in [3.05, 3.63) is 47.6 Å². The predicted octanol–water partition coefficient (Wildman–Crippen LogP) is 4.59. The molecule has 0 aliphatic heterocycles. The molecule has 0 spiro atoms. The zero-order valence-corrected chi connectivity index (χ0v) is 18.0. The molecule has 1 aliphatic carbocycles. The van der Waals surface area contributed by atoms with E-state index in [2.05, 4.69) is 46.2 Å². The van der Waals surface area contributed by atoms with Crippen LogP contribution in [0.4, 0.5) is 0 Å². The summed E-state index contributed by atoms with van der Waals surface area (Å²) in [7, 11) is 1.28. The molecule has 0 fully saturated rings. The van der Waals surface area contributed by atoms with E-state index < -0.39 is 11.3 Å². The molecule has 1 aliphatic rings. The number of hydrogen-bond acceptors (Lipinski definition) is 4. The van der Waals surface area contributed by atoms with Crippen LogP contribution in [0.25, 0.3) is 0 Å². The Morgan fingerprint density at radius 3 is 2.64 bits per heavy atom. The first-order chi connectivity index (χ1) is 13.5. The summed E-state index contributed by atoms with van der Waals surface area (Å²) in [6, 6.07) is 0. The Kier molecular flexibility index (Phi) is 13.5. The molecule has 0 bridgehead atoms. The third-order valence-electron chi connectivity index (χ3n) is 4.53. The van der Waals surface area contributed by atoms with Gasteiger partial charge in [0, 0.05) is 6.42 Å². The van der Waals surface area contributed by atoms with Gasteiger partial charge in [0.2, 0.25) is 5.91 Å². The smallest absolute Gasteiger partial charge is 0.263 e. The number of unbranched alkanes of at least 4 members (excludes halogenated alkanes) is 2. The summed E-state index contributed by atoms with van der Waals surface area (Å²) in [5.74, 6) is -0.258. The second-order valence-electron chi connectivity index (χ2n) is 6.97. The fraction of sp³-hybridized carbons (Fsp3) is 0.591. The minimum absolute atomic E-state index is 0.258. The van der Waals surface area contributed by atoms with Gasteiger partial charge in [0.15, 0.2) is 0 Å². The van der Waals surface area contributed by atoms with Gasteiger partial charge in [-0.15, -0.1) is 0 Å². The van der Waals surface area contributed by atoms with Gasteiger partial charge in [-0.3, -0.25) is 13.7 Å². The topological polar surface area (TPSA) is 75.6 Å². The van der Waals surface area contributed by atoms with Crippen molar-refractivity contribution < 1.29 is 18.3 Å². The highest BCUT2D eigenvalue weighted by Crippen LogP contribution is 2.24. The van der Waals surface area contributed by atoms with Crippen molar-refractivity contribution in [2.75, 3.05) is 7.11 Å². The Balaban J connectivity index is 2.20. The molecule has 1 amide bonds. The average Bonchev–Trinajstić information content (AvgIpc) is 2.69. The van der Waals surface area contributed by atoms with Gasteiger partial charge in [0.25, 0.3) is 11.3 Å². The minimum atomic E-state index is -1.73. The number of allylic oxidation sites excluding steroid dienone is 7. The minimum Gasteiger partial charge on any atom is -0.389 e. The largest absolute Gasteiger partial charge is 0.389 e. The van der Waals surface area contributed by atoms with Crippen LogP contribution in [0.3, 0.4) is 0 Å². The van der Waals surface area contributed by atoms with Gasteiger partial charge in [0.1, 0.15) is 0 Å². The number of amides is 1. The Morgan fingerprint density at radius 2 is 1.96 bits per heavy atom. The highest BCUT2D eigenvalue weighted by atomic mass is 32.2. The van der Waals surface area contributed by atoms with Crippen molar-refractivity contribution in [3.63, 3.8) is 0 Å². The van der Waals surface area contributed by atoms with Gasteiger partial charge in [-0.1, -0.05) is 67.4 Å². The summed E-state index contributed by atoms with van der Waals surface area (Å²) in [5, 5.41) is 9.87. The van der Waals surface area contributed by atoms with Crippen LogP contribution in [0.15, 0.2) is 47.6 Å². The Bertz CT molecular complexity index is 608. The van der Waals surface area contributed by atoms with Crippen LogP contribution in [0.1, 0.15) is 71.1 Å². The monoisotopic (exact) mass is 409 g/mol. The predicted molar refractivity (Wildman–Crippen MR) is 116 cm³/mol. The van der Waals surface area contributed by atoms with Gasteiger partial charge >= 0.3 is 0 Å². The molecule has 5 nitrogen and oxygen atoms in total. The molecule has 2 N–H and O–H groups in total. The standard InChI is InChI=1S/C22H35NO4S/c1-3-4-15-21(24)16-10-14-20-13-9-12-19(18-20)11-7-5-6-8-17-22(25)23-28(26)27-2/h5,7,10,12-13,16,21,24H,3-4,6,8-9,11,14-15,17-18H2,1-2H3,(H,23,25)/b7-5+,16-10+. The zero-order valence-electron chi connectivity index (χ0n) is 17.2. The molecule has 28 heavy (non-hydrogen) atoms. The van der Waals surface area contributed by atoms with Crippen molar-refractivity contribution in [1.29, 1.82) is 0 Å². The maximum absolute atomic E-state index is 11.5. The highest BCUT2D eigenvalue weighted by molar-refractivity contribution is 7.78. The number of carbonyl (C=O) groups excluding carboxylic acids is 1. The normalized spacial score (nSPS) is 16.8. The molecule has 0 heterocycles. The summed E-state index contributed by atoms with van der Waals surface area (Å²) >= 11 is -1.73. The van der Waals surface area contributed by atoms with Gasteiger partial charge < -0.3 is 5.11 Å². The number of aliphatic hydroxyl groups is 1. The van der Waals surface area contributed by atoms with Crippen LogP contribution >= 0.6 is 0 Å². The van der Waals surface area contributed by atoms with Crippen molar-refractivity contribution in [2.45, 2.75) is 77.2 Å². The Hall–Kier alpha value is -1.50. The van der Waals surface area contributed by atoms with Gasteiger partial charge in [0.05, 0.1) is 13.2 Å². The lowest BCUT2D eigenvalue weighted by molar-refractivity contribution is -0.119. The molecular weight excluding hydrogens is 374 g/mol. The molecule has 2 atom stereocenters. The van der Waals surface area contributed by atoms with Crippen LogP contribution in [0.2, 0.25) is 0 Å². The van der Waals surface area contributed by atoms with Crippen molar-refractivity contribution in [2.24, 2.45) is 0 Å². The van der Waals surface area contributed by atoms with Crippen molar-refractivity contribution in [3.8, 4) is 0 Å². The summed E-state index contributed by atoms with van der Waals surface area (Å²) in [6.45, 7) is 2.13. The van der Waals surface area contributed by atoms with E-state index >= 15 is 0 Å². The van der Waals surface area contributed by atoms with E-state index in [4.69, 9.17) is 0 Å². The van der Waals surface area contributed by atoms with Crippen LogP contribution in [-0.4, -0.2) is 28.4 Å². The molecule has 0 aromatic rings. The SMILES string of the molecule is CCCCC(O)/C=C/CC1=CCC=C(C/C=C/CCCC(=O)NS(=O)OC)C1. The summed E-state index contributed by atoms with van der Waals surface area (Å²) in [6.07, 6.45) is 21.2. The van der Waals surface area contributed by atoms with Crippen molar-refractivity contribution in [1.82, 2.24) is 4.72 Å². The summed E-state index contributed by atoms with van der Waals surface area (Å²) in [5.41, 5.74) is 2.83. The molecule has 6 heteroatoms. The first-order valence-electron chi connectivity index (χ1n) is 10.2. The molecule has 1 rings (SSSR count). The van der Waals surface area contributed by atoms with E-state index in [0.29, 0.717) is 6.42 Å². The third-order valence-corrected chi connectivity index (χ3v) is 5.23. The molecule has 0 aromatic heterocycles. The first-order valence-corrected chi connectivity index (χ1v) is 11.2. The second kappa shape index (κ2) is 15.4. The molecular formula is C22H35NO4S. The van der Waals surface area contributed by atoms with E-state index in [-0.39, 0.29) is 12.0 Å². The quantitative estimate of drug-likeness (QED) is 0.325.